The molecule has 0 aromatic heterocycles. The maximum Gasteiger partial charge on any atom is 0.108 e. The molecule has 1 unspecified atom stereocenters. The topological polar surface area (TPSA) is 33.0 Å². The van der Waals surface area contributed by atoms with Gasteiger partial charge in [-0.1, -0.05) is 91.0 Å². The Morgan fingerprint density at radius 3 is 2.53 bits per heavy atom. The van der Waals surface area contributed by atoms with Gasteiger partial charge in [0.25, 0.3) is 0 Å². The summed E-state index contributed by atoms with van der Waals surface area (Å²) in [5.41, 5.74) is 6.59. The van der Waals surface area contributed by atoms with Crippen molar-refractivity contribution in [1.29, 1.82) is 5.26 Å². The van der Waals surface area contributed by atoms with Crippen molar-refractivity contribution in [2.75, 3.05) is 0 Å². The molecule has 3 aromatic rings. The first-order valence-electron chi connectivity index (χ1n) is 10.5. The summed E-state index contributed by atoms with van der Waals surface area (Å²) in [7, 11) is 0. The highest BCUT2D eigenvalue weighted by molar-refractivity contribution is 6.31. The van der Waals surface area contributed by atoms with Gasteiger partial charge in [0.1, 0.15) is 6.10 Å². The van der Waals surface area contributed by atoms with E-state index in [0.29, 0.717) is 17.2 Å². The Labute approximate surface area is 195 Å². The highest BCUT2D eigenvalue weighted by Crippen LogP contribution is 2.34. The number of aryl methyl sites for hydroxylation is 1. The molecular formula is C29H26ClNO. The molecule has 0 heterocycles. The Morgan fingerprint density at radius 1 is 1.09 bits per heavy atom. The Bertz CT molecular complexity index is 1200. The van der Waals surface area contributed by atoms with Gasteiger partial charge in [0.05, 0.1) is 18.2 Å². The quantitative estimate of drug-likeness (QED) is 0.332. The molecular weight excluding hydrogens is 414 g/mol. The van der Waals surface area contributed by atoms with Crippen LogP contribution < -0.4 is 0 Å². The van der Waals surface area contributed by atoms with Crippen molar-refractivity contribution in [3.63, 3.8) is 0 Å². The molecule has 0 bridgehead atoms. The molecule has 2 nitrogen and oxygen atoms in total. The maximum absolute atomic E-state index is 9.72. The van der Waals surface area contributed by atoms with E-state index in [9.17, 15) is 5.26 Å². The van der Waals surface area contributed by atoms with Crippen molar-refractivity contribution in [2.45, 2.75) is 26.6 Å². The van der Waals surface area contributed by atoms with E-state index in [1.165, 1.54) is 0 Å². The first kappa shape index (κ1) is 23.3. The minimum Gasteiger partial charge on any atom is -0.364 e. The lowest BCUT2D eigenvalue weighted by Gasteiger charge is -2.22. The second-order valence-corrected chi connectivity index (χ2v) is 7.80. The number of nitriles is 1. The fraction of sp³-hybridized carbons (Fsp3) is 0.138. The van der Waals surface area contributed by atoms with Gasteiger partial charge in [-0.3, -0.25) is 0 Å². The monoisotopic (exact) mass is 439 g/mol. The zero-order valence-corrected chi connectivity index (χ0v) is 19.1. The number of halogens is 1. The Balaban J connectivity index is 2.07. The van der Waals surface area contributed by atoms with Gasteiger partial charge in [0, 0.05) is 10.6 Å². The molecule has 0 fully saturated rings. The van der Waals surface area contributed by atoms with Crippen LogP contribution in [0.1, 0.15) is 35.3 Å². The number of hydrogen-bond donors (Lipinski definition) is 0. The molecule has 0 saturated carbocycles. The van der Waals surface area contributed by atoms with Gasteiger partial charge in [-0.25, -0.2) is 0 Å². The summed E-state index contributed by atoms with van der Waals surface area (Å²) in [5, 5.41) is 10.4. The van der Waals surface area contributed by atoms with E-state index in [1.54, 1.807) is 6.08 Å². The summed E-state index contributed by atoms with van der Waals surface area (Å²) in [6.07, 6.45) is 7.33. The third-order valence-electron chi connectivity index (χ3n) is 5.33. The van der Waals surface area contributed by atoms with Crippen LogP contribution in [0.25, 0.3) is 11.1 Å². The number of nitrogens with zero attached hydrogens (tertiary/aromatic N) is 1. The minimum absolute atomic E-state index is 0.331. The summed E-state index contributed by atoms with van der Waals surface area (Å²) in [6, 6.07) is 24.0. The van der Waals surface area contributed by atoms with Gasteiger partial charge in [-0.05, 0) is 59.9 Å². The van der Waals surface area contributed by atoms with Crippen LogP contribution in [0.5, 0.6) is 0 Å². The van der Waals surface area contributed by atoms with Crippen LogP contribution >= 0.6 is 11.6 Å². The molecule has 160 valence electrons. The zero-order valence-electron chi connectivity index (χ0n) is 18.4. The van der Waals surface area contributed by atoms with Gasteiger partial charge in [0.2, 0.25) is 0 Å². The van der Waals surface area contributed by atoms with Gasteiger partial charge in [-0.15, -0.1) is 0 Å². The lowest BCUT2D eigenvalue weighted by Crippen LogP contribution is -2.08. The van der Waals surface area contributed by atoms with E-state index in [0.717, 1.165) is 33.4 Å². The highest BCUT2D eigenvalue weighted by Gasteiger charge is 2.19. The van der Waals surface area contributed by atoms with Crippen molar-refractivity contribution in [3.05, 3.63) is 130 Å². The average Bonchev–Trinajstić information content (AvgIpc) is 2.82. The normalized spacial score (nSPS) is 12.5. The molecule has 0 amide bonds. The lowest BCUT2D eigenvalue weighted by molar-refractivity contribution is 0.0662. The van der Waals surface area contributed by atoms with Crippen LogP contribution in [0.2, 0.25) is 5.02 Å². The number of hydrogen-bond acceptors (Lipinski definition) is 2. The zero-order chi connectivity index (χ0) is 22.9. The van der Waals surface area contributed by atoms with Crippen LogP contribution in [0.3, 0.4) is 0 Å². The van der Waals surface area contributed by atoms with E-state index >= 15 is 0 Å². The Kier molecular flexibility index (Phi) is 8.22. The molecule has 3 rings (SSSR count). The molecule has 3 heteroatoms. The second kappa shape index (κ2) is 11.3. The van der Waals surface area contributed by atoms with Crippen molar-refractivity contribution in [1.82, 2.24) is 0 Å². The third kappa shape index (κ3) is 5.45. The summed E-state index contributed by atoms with van der Waals surface area (Å²) >= 11 is 6.36. The Morgan fingerprint density at radius 2 is 1.84 bits per heavy atom. The van der Waals surface area contributed by atoms with Crippen LogP contribution in [0, 0.1) is 18.3 Å². The first-order chi connectivity index (χ1) is 15.6. The molecule has 32 heavy (non-hydrogen) atoms. The second-order valence-electron chi connectivity index (χ2n) is 7.40. The van der Waals surface area contributed by atoms with Crippen LogP contribution in [-0.2, 0) is 11.3 Å². The minimum atomic E-state index is -0.331. The molecule has 0 spiro atoms. The van der Waals surface area contributed by atoms with Gasteiger partial charge in [-0.2, -0.15) is 5.26 Å². The SMILES string of the molecule is C=C/C=C\C(=C/C)C(OCc1ccccc1Cl)c1ccc(C#N)c(-c2ccccc2C)c1. The maximum atomic E-state index is 9.72. The van der Waals surface area contributed by atoms with Crippen molar-refractivity contribution < 1.29 is 4.74 Å². The molecule has 0 aliphatic rings. The predicted molar refractivity (Wildman–Crippen MR) is 133 cm³/mol. The number of rotatable bonds is 8. The van der Waals surface area contributed by atoms with Crippen LogP contribution in [0.15, 0.2) is 103 Å². The van der Waals surface area contributed by atoms with Crippen LogP contribution in [0.4, 0.5) is 0 Å². The first-order valence-corrected chi connectivity index (χ1v) is 10.9. The van der Waals surface area contributed by atoms with E-state index in [2.05, 4.69) is 31.7 Å². The van der Waals surface area contributed by atoms with Gasteiger partial charge in [0.15, 0.2) is 0 Å². The average molecular weight is 440 g/mol. The van der Waals surface area contributed by atoms with E-state index in [1.807, 2.05) is 79.7 Å². The van der Waals surface area contributed by atoms with E-state index in [-0.39, 0.29) is 6.10 Å². The fourth-order valence-electron chi connectivity index (χ4n) is 3.61. The molecule has 1 atom stereocenters. The van der Waals surface area contributed by atoms with Gasteiger partial charge < -0.3 is 4.74 Å². The van der Waals surface area contributed by atoms with Gasteiger partial charge >= 0.3 is 0 Å². The third-order valence-corrected chi connectivity index (χ3v) is 5.69. The van der Waals surface area contributed by atoms with Crippen molar-refractivity contribution >= 4 is 11.6 Å². The lowest BCUT2D eigenvalue weighted by atomic mass is 9.91. The molecule has 3 aromatic carbocycles. The standard InChI is InChI=1S/C29H26ClNO/c1-4-6-12-22(5-2)29(32-20-25-13-8-10-15-28(25)30)23-16-17-24(19-31)27(18-23)26-14-9-7-11-21(26)3/h4-18,29H,1,20H2,2-3H3/b12-6-,22-5+. The van der Waals surface area contributed by atoms with Crippen molar-refractivity contribution in [3.8, 4) is 17.2 Å². The summed E-state index contributed by atoms with van der Waals surface area (Å²) in [6.45, 7) is 8.19. The summed E-state index contributed by atoms with van der Waals surface area (Å²) in [5.74, 6) is 0. The summed E-state index contributed by atoms with van der Waals surface area (Å²) in [4.78, 5) is 0. The number of benzene rings is 3. The Hall–Kier alpha value is -3.38. The van der Waals surface area contributed by atoms with Crippen LogP contribution in [-0.4, -0.2) is 0 Å². The number of allylic oxidation sites excluding steroid dienone is 3. The number of ether oxygens (including phenoxy) is 1. The largest absolute Gasteiger partial charge is 0.364 e. The van der Waals surface area contributed by atoms with E-state index < -0.39 is 0 Å². The van der Waals surface area contributed by atoms with E-state index in [4.69, 9.17) is 16.3 Å². The molecule has 0 aliphatic heterocycles. The highest BCUT2D eigenvalue weighted by atomic mass is 35.5. The smallest absolute Gasteiger partial charge is 0.108 e. The summed E-state index contributed by atoms with van der Waals surface area (Å²) < 4.78 is 6.42. The predicted octanol–water partition coefficient (Wildman–Crippen LogP) is 8.13. The fourth-order valence-corrected chi connectivity index (χ4v) is 3.80. The molecule has 0 N–H and O–H groups in total. The molecule has 0 saturated heterocycles. The molecule has 0 radical (unpaired) electrons. The molecule has 0 aliphatic carbocycles. The van der Waals surface area contributed by atoms with Crippen molar-refractivity contribution in [2.24, 2.45) is 0 Å².